The van der Waals surface area contributed by atoms with Crippen LogP contribution in [0.2, 0.25) is 0 Å². The summed E-state index contributed by atoms with van der Waals surface area (Å²) in [5, 5.41) is 0. The van der Waals surface area contributed by atoms with Gasteiger partial charge in [-0.25, -0.2) is 4.39 Å². The number of amides is 1. The first-order valence-electron chi connectivity index (χ1n) is 9.17. The molecule has 25 heavy (non-hydrogen) atoms. The van der Waals surface area contributed by atoms with Crippen molar-refractivity contribution < 1.29 is 9.18 Å². The zero-order valence-electron chi connectivity index (χ0n) is 15.2. The molecule has 0 aromatic heterocycles. The van der Waals surface area contributed by atoms with Gasteiger partial charge in [-0.2, -0.15) is 0 Å². The van der Waals surface area contributed by atoms with Crippen LogP contribution in [0.5, 0.6) is 0 Å². The monoisotopic (exact) mass is 348 g/mol. The molecule has 2 heterocycles. The van der Waals surface area contributed by atoms with E-state index >= 15 is 0 Å². The third-order valence-electron chi connectivity index (χ3n) is 5.26. The smallest absolute Gasteiger partial charge is 0.242 e. The summed E-state index contributed by atoms with van der Waals surface area (Å²) in [6.07, 6.45) is 2.16. The number of anilines is 1. The van der Waals surface area contributed by atoms with Gasteiger partial charge in [0.2, 0.25) is 5.91 Å². The third kappa shape index (κ3) is 4.30. The molecule has 6 heteroatoms. The normalized spacial score (nSPS) is 23.0. The van der Waals surface area contributed by atoms with Gasteiger partial charge in [-0.05, 0) is 51.0 Å². The van der Waals surface area contributed by atoms with Crippen molar-refractivity contribution in [3.8, 4) is 0 Å². The fourth-order valence-corrected chi connectivity index (χ4v) is 3.84. The maximum atomic E-state index is 13.1. The molecule has 1 aromatic carbocycles. The summed E-state index contributed by atoms with van der Waals surface area (Å²) in [6.45, 7) is 8.94. The van der Waals surface area contributed by atoms with E-state index in [0.717, 1.165) is 57.8 Å². The summed E-state index contributed by atoms with van der Waals surface area (Å²) in [6, 6.07) is 7.13. The molecule has 2 aliphatic rings. The van der Waals surface area contributed by atoms with Gasteiger partial charge in [0.1, 0.15) is 5.82 Å². The highest BCUT2D eigenvalue weighted by Gasteiger charge is 2.34. The van der Waals surface area contributed by atoms with Crippen LogP contribution >= 0.6 is 0 Å². The van der Waals surface area contributed by atoms with Crippen molar-refractivity contribution in [2.24, 2.45) is 5.73 Å². The number of benzene rings is 1. The highest BCUT2D eigenvalue weighted by Crippen LogP contribution is 2.22. The summed E-state index contributed by atoms with van der Waals surface area (Å²) < 4.78 is 13.1. The van der Waals surface area contributed by atoms with E-state index in [1.807, 2.05) is 17.0 Å². The zero-order valence-corrected chi connectivity index (χ0v) is 15.2. The van der Waals surface area contributed by atoms with Gasteiger partial charge in [0.25, 0.3) is 0 Å². The molecule has 138 valence electrons. The third-order valence-corrected chi connectivity index (χ3v) is 5.26. The maximum absolute atomic E-state index is 13.1. The summed E-state index contributed by atoms with van der Waals surface area (Å²) in [4.78, 5) is 19.2. The SMILES string of the molecule is CC(C)(N)C(=O)N1CCC[C@H](N2CCN(c3ccc(F)cc3)CC2)C1. The average molecular weight is 348 g/mol. The molecule has 0 unspecified atom stereocenters. The minimum Gasteiger partial charge on any atom is -0.369 e. The van der Waals surface area contributed by atoms with Crippen LogP contribution in [0.1, 0.15) is 26.7 Å². The second kappa shape index (κ2) is 7.30. The standard InChI is InChI=1S/C19H29FN4O/c1-19(2,21)18(25)24-9-3-4-17(14-24)23-12-10-22(11-13-23)16-7-5-15(20)6-8-16/h5-8,17H,3-4,9-14,21H2,1-2H3/t17-/m0/s1. The molecular weight excluding hydrogens is 319 g/mol. The molecule has 3 rings (SSSR count). The number of nitrogens with zero attached hydrogens (tertiary/aromatic N) is 3. The van der Waals surface area contributed by atoms with Crippen LogP contribution in [-0.2, 0) is 4.79 Å². The second-order valence-corrected chi connectivity index (χ2v) is 7.77. The summed E-state index contributed by atoms with van der Waals surface area (Å²) in [5.41, 5.74) is 6.26. The predicted octanol–water partition coefficient (Wildman–Crippen LogP) is 1.68. The molecule has 2 aliphatic heterocycles. The number of hydrogen-bond acceptors (Lipinski definition) is 4. The number of carbonyl (C=O) groups is 1. The Morgan fingerprint density at radius 2 is 1.76 bits per heavy atom. The van der Waals surface area contributed by atoms with Gasteiger partial charge in [-0.15, -0.1) is 0 Å². The van der Waals surface area contributed by atoms with Crippen molar-refractivity contribution in [3.05, 3.63) is 30.1 Å². The van der Waals surface area contributed by atoms with E-state index in [1.54, 1.807) is 13.8 Å². The second-order valence-electron chi connectivity index (χ2n) is 7.77. The topological polar surface area (TPSA) is 52.8 Å². The Morgan fingerprint density at radius 3 is 2.36 bits per heavy atom. The Hall–Kier alpha value is -1.66. The van der Waals surface area contributed by atoms with E-state index in [0.29, 0.717) is 6.04 Å². The van der Waals surface area contributed by atoms with Gasteiger partial charge in [-0.3, -0.25) is 9.69 Å². The molecule has 1 aromatic rings. The fourth-order valence-electron chi connectivity index (χ4n) is 3.84. The first kappa shape index (κ1) is 18.1. The van der Waals surface area contributed by atoms with E-state index in [-0.39, 0.29) is 11.7 Å². The van der Waals surface area contributed by atoms with E-state index in [2.05, 4.69) is 9.80 Å². The van der Waals surface area contributed by atoms with Gasteiger partial charge in [0.05, 0.1) is 5.54 Å². The van der Waals surface area contributed by atoms with Gasteiger partial charge in [0.15, 0.2) is 0 Å². The molecule has 0 radical (unpaired) electrons. The highest BCUT2D eigenvalue weighted by atomic mass is 19.1. The number of rotatable bonds is 3. The molecule has 2 saturated heterocycles. The van der Waals surface area contributed by atoms with Crippen LogP contribution in [0.3, 0.4) is 0 Å². The van der Waals surface area contributed by atoms with Crippen molar-refractivity contribution in [3.63, 3.8) is 0 Å². The predicted molar refractivity (Wildman–Crippen MR) is 98.1 cm³/mol. The lowest BCUT2D eigenvalue weighted by Gasteiger charge is -2.44. The van der Waals surface area contributed by atoms with Crippen LogP contribution in [-0.4, -0.2) is 66.6 Å². The van der Waals surface area contributed by atoms with Crippen LogP contribution in [0, 0.1) is 5.82 Å². The number of halogens is 1. The van der Waals surface area contributed by atoms with Gasteiger partial charge in [-0.1, -0.05) is 0 Å². The summed E-state index contributed by atoms with van der Waals surface area (Å²) >= 11 is 0. The number of piperidine rings is 1. The molecule has 5 nitrogen and oxygen atoms in total. The molecule has 0 saturated carbocycles. The van der Waals surface area contributed by atoms with Crippen LogP contribution < -0.4 is 10.6 Å². The molecule has 1 amide bonds. The van der Waals surface area contributed by atoms with Crippen molar-refractivity contribution in [2.45, 2.75) is 38.3 Å². The minimum absolute atomic E-state index is 0.0437. The van der Waals surface area contributed by atoms with Crippen LogP contribution in [0.25, 0.3) is 0 Å². The molecule has 0 aliphatic carbocycles. The Labute approximate surface area is 149 Å². The van der Waals surface area contributed by atoms with Gasteiger partial charge in [0, 0.05) is 51.0 Å². The Morgan fingerprint density at radius 1 is 1.12 bits per heavy atom. The van der Waals surface area contributed by atoms with Crippen molar-refractivity contribution >= 4 is 11.6 Å². The van der Waals surface area contributed by atoms with Crippen molar-refractivity contribution in [1.29, 1.82) is 0 Å². The summed E-state index contributed by atoms with van der Waals surface area (Å²) in [5.74, 6) is -0.153. The van der Waals surface area contributed by atoms with Crippen molar-refractivity contribution in [2.75, 3.05) is 44.2 Å². The lowest BCUT2D eigenvalue weighted by atomic mass is 9.99. The number of carbonyl (C=O) groups excluding carboxylic acids is 1. The maximum Gasteiger partial charge on any atom is 0.242 e. The van der Waals surface area contributed by atoms with Crippen LogP contribution in [0.4, 0.5) is 10.1 Å². The fraction of sp³-hybridized carbons (Fsp3) is 0.632. The molecule has 0 bridgehead atoms. The molecule has 2 fully saturated rings. The van der Waals surface area contributed by atoms with Gasteiger partial charge < -0.3 is 15.5 Å². The largest absolute Gasteiger partial charge is 0.369 e. The quantitative estimate of drug-likeness (QED) is 0.903. The van der Waals surface area contributed by atoms with E-state index in [4.69, 9.17) is 5.73 Å². The number of hydrogen-bond donors (Lipinski definition) is 1. The lowest BCUT2D eigenvalue weighted by Crippen LogP contribution is -2.59. The molecule has 0 spiro atoms. The summed E-state index contributed by atoms with van der Waals surface area (Å²) in [7, 11) is 0. The Bertz CT molecular complexity index is 590. The van der Waals surface area contributed by atoms with E-state index in [1.165, 1.54) is 12.1 Å². The highest BCUT2D eigenvalue weighted by molar-refractivity contribution is 5.85. The number of piperazine rings is 1. The first-order valence-corrected chi connectivity index (χ1v) is 9.17. The number of likely N-dealkylation sites (tertiary alicyclic amines) is 1. The Kier molecular flexibility index (Phi) is 5.29. The minimum atomic E-state index is -0.802. The zero-order chi connectivity index (χ0) is 18.0. The number of nitrogens with two attached hydrogens (primary N) is 1. The van der Waals surface area contributed by atoms with Crippen LogP contribution in [0.15, 0.2) is 24.3 Å². The van der Waals surface area contributed by atoms with E-state index < -0.39 is 5.54 Å². The molecule has 1 atom stereocenters. The molecular formula is C19H29FN4O. The Balaban J connectivity index is 1.55. The molecule has 2 N–H and O–H groups in total. The van der Waals surface area contributed by atoms with Gasteiger partial charge >= 0.3 is 0 Å². The van der Waals surface area contributed by atoms with E-state index in [9.17, 15) is 9.18 Å². The van der Waals surface area contributed by atoms with Crippen molar-refractivity contribution in [1.82, 2.24) is 9.80 Å². The lowest BCUT2D eigenvalue weighted by molar-refractivity contribution is -0.138. The first-order chi connectivity index (χ1) is 11.8. The average Bonchev–Trinajstić information content (AvgIpc) is 2.61.